The van der Waals surface area contributed by atoms with Gasteiger partial charge in [-0.15, -0.1) is 0 Å². The molecule has 0 atom stereocenters. The van der Waals surface area contributed by atoms with E-state index in [4.69, 9.17) is 11.5 Å². The Bertz CT molecular complexity index is 552. The SMILES string of the molecule is Nc1ccc2c(F)c(N)c(F)cc2c1F. The van der Waals surface area contributed by atoms with E-state index < -0.39 is 23.1 Å². The summed E-state index contributed by atoms with van der Waals surface area (Å²) in [5.74, 6) is -2.81. The summed E-state index contributed by atoms with van der Waals surface area (Å²) in [5.41, 5.74) is 9.63. The second kappa shape index (κ2) is 3.05. The van der Waals surface area contributed by atoms with Crippen molar-refractivity contribution >= 4 is 22.1 Å². The lowest BCUT2D eigenvalue weighted by atomic mass is 10.1. The third kappa shape index (κ3) is 1.27. The second-order valence-corrected chi connectivity index (χ2v) is 3.15. The molecule has 0 radical (unpaired) electrons. The van der Waals surface area contributed by atoms with Crippen molar-refractivity contribution in [3.63, 3.8) is 0 Å². The number of hydrogen-bond acceptors (Lipinski definition) is 2. The van der Waals surface area contributed by atoms with E-state index in [1.165, 1.54) is 12.1 Å². The fourth-order valence-electron chi connectivity index (χ4n) is 1.40. The van der Waals surface area contributed by atoms with Crippen molar-refractivity contribution in [1.29, 1.82) is 0 Å². The first-order valence-electron chi connectivity index (χ1n) is 4.13. The Hall–Kier alpha value is -1.91. The van der Waals surface area contributed by atoms with Crippen molar-refractivity contribution in [2.45, 2.75) is 0 Å². The lowest BCUT2D eigenvalue weighted by Crippen LogP contribution is -1.99. The molecule has 0 aliphatic heterocycles. The lowest BCUT2D eigenvalue weighted by Gasteiger charge is -2.06. The Balaban J connectivity index is 2.98. The molecule has 0 aliphatic rings. The molecule has 0 unspecified atom stereocenters. The first-order chi connectivity index (χ1) is 7.02. The van der Waals surface area contributed by atoms with E-state index in [0.29, 0.717) is 0 Å². The minimum Gasteiger partial charge on any atom is -0.396 e. The summed E-state index contributed by atoms with van der Waals surface area (Å²) >= 11 is 0. The van der Waals surface area contributed by atoms with Gasteiger partial charge < -0.3 is 11.5 Å². The monoisotopic (exact) mass is 212 g/mol. The molecular weight excluding hydrogens is 205 g/mol. The lowest BCUT2D eigenvalue weighted by molar-refractivity contribution is 0.596. The fraction of sp³-hybridized carbons (Fsp3) is 0. The molecule has 0 aromatic heterocycles. The number of hydrogen-bond donors (Lipinski definition) is 2. The number of anilines is 2. The van der Waals surface area contributed by atoms with E-state index in [0.717, 1.165) is 6.07 Å². The third-order valence-corrected chi connectivity index (χ3v) is 2.21. The van der Waals surface area contributed by atoms with Crippen molar-refractivity contribution in [1.82, 2.24) is 0 Å². The van der Waals surface area contributed by atoms with Crippen LogP contribution in [0.1, 0.15) is 0 Å². The molecule has 2 nitrogen and oxygen atoms in total. The average molecular weight is 212 g/mol. The quantitative estimate of drug-likeness (QED) is 0.659. The van der Waals surface area contributed by atoms with Crippen LogP contribution in [0.5, 0.6) is 0 Å². The molecule has 2 aromatic rings. The topological polar surface area (TPSA) is 52.0 Å². The van der Waals surface area contributed by atoms with Crippen LogP contribution >= 0.6 is 0 Å². The molecular formula is C10H7F3N2. The van der Waals surface area contributed by atoms with Gasteiger partial charge in [-0.25, -0.2) is 13.2 Å². The Morgan fingerprint density at radius 3 is 2.20 bits per heavy atom. The van der Waals surface area contributed by atoms with E-state index in [-0.39, 0.29) is 16.5 Å². The summed E-state index contributed by atoms with van der Waals surface area (Å²) in [5, 5.41) is -0.292. The van der Waals surface area contributed by atoms with Crippen molar-refractivity contribution in [2.24, 2.45) is 0 Å². The van der Waals surface area contributed by atoms with Gasteiger partial charge in [-0.1, -0.05) is 0 Å². The molecule has 0 fully saturated rings. The molecule has 5 heteroatoms. The molecule has 0 amide bonds. The molecule has 2 rings (SSSR count). The molecule has 15 heavy (non-hydrogen) atoms. The van der Waals surface area contributed by atoms with Gasteiger partial charge in [0.2, 0.25) is 0 Å². The van der Waals surface area contributed by atoms with Gasteiger partial charge in [-0.05, 0) is 18.2 Å². The highest BCUT2D eigenvalue weighted by atomic mass is 19.1. The molecule has 0 saturated heterocycles. The van der Waals surface area contributed by atoms with Crippen LogP contribution in [0, 0.1) is 17.5 Å². The summed E-state index contributed by atoms with van der Waals surface area (Å²) in [7, 11) is 0. The maximum absolute atomic E-state index is 13.4. The van der Waals surface area contributed by atoms with E-state index in [1.807, 2.05) is 0 Å². The van der Waals surface area contributed by atoms with E-state index >= 15 is 0 Å². The fourth-order valence-corrected chi connectivity index (χ4v) is 1.40. The highest BCUT2D eigenvalue weighted by molar-refractivity contribution is 5.89. The minimum atomic E-state index is -0.996. The molecule has 78 valence electrons. The Labute approximate surface area is 83.3 Å². The second-order valence-electron chi connectivity index (χ2n) is 3.15. The number of nitrogen functional groups attached to an aromatic ring is 2. The highest BCUT2D eigenvalue weighted by Gasteiger charge is 2.14. The predicted molar refractivity (Wildman–Crippen MR) is 52.6 cm³/mol. The van der Waals surface area contributed by atoms with Gasteiger partial charge in [-0.2, -0.15) is 0 Å². The van der Waals surface area contributed by atoms with Crippen LogP contribution in [0.4, 0.5) is 24.5 Å². The van der Waals surface area contributed by atoms with Crippen molar-refractivity contribution in [3.8, 4) is 0 Å². The zero-order valence-corrected chi connectivity index (χ0v) is 7.52. The van der Waals surface area contributed by atoms with Crippen molar-refractivity contribution in [2.75, 3.05) is 11.5 Å². The van der Waals surface area contributed by atoms with E-state index in [9.17, 15) is 13.2 Å². The Morgan fingerprint density at radius 2 is 1.53 bits per heavy atom. The van der Waals surface area contributed by atoms with Gasteiger partial charge in [-0.3, -0.25) is 0 Å². The van der Waals surface area contributed by atoms with E-state index in [1.54, 1.807) is 0 Å². The molecule has 2 aromatic carbocycles. The maximum atomic E-state index is 13.4. The summed E-state index contributed by atoms with van der Waals surface area (Å²) in [6, 6.07) is 3.30. The smallest absolute Gasteiger partial charge is 0.157 e. The number of benzene rings is 2. The number of nitrogens with two attached hydrogens (primary N) is 2. The largest absolute Gasteiger partial charge is 0.396 e. The molecule has 4 N–H and O–H groups in total. The number of rotatable bonds is 0. The van der Waals surface area contributed by atoms with Crippen LogP contribution in [0.3, 0.4) is 0 Å². The van der Waals surface area contributed by atoms with E-state index in [2.05, 4.69) is 0 Å². The van der Waals surface area contributed by atoms with Crippen LogP contribution < -0.4 is 11.5 Å². The van der Waals surface area contributed by atoms with Crippen LogP contribution in [0.25, 0.3) is 10.8 Å². The summed E-state index contributed by atoms with van der Waals surface area (Å²) < 4.78 is 39.8. The highest BCUT2D eigenvalue weighted by Crippen LogP contribution is 2.29. The minimum absolute atomic E-state index is 0.0828. The predicted octanol–water partition coefficient (Wildman–Crippen LogP) is 2.42. The molecule has 0 saturated carbocycles. The van der Waals surface area contributed by atoms with Gasteiger partial charge in [0.15, 0.2) is 11.6 Å². The zero-order valence-electron chi connectivity index (χ0n) is 7.52. The zero-order chi connectivity index (χ0) is 11.2. The summed E-state index contributed by atoms with van der Waals surface area (Å²) in [4.78, 5) is 0. The molecule has 0 heterocycles. The van der Waals surface area contributed by atoms with Gasteiger partial charge in [0.25, 0.3) is 0 Å². The third-order valence-electron chi connectivity index (χ3n) is 2.21. The van der Waals surface area contributed by atoms with Gasteiger partial charge in [0.1, 0.15) is 11.5 Å². The average Bonchev–Trinajstić information content (AvgIpc) is 2.21. The van der Waals surface area contributed by atoms with Crippen molar-refractivity contribution in [3.05, 3.63) is 35.7 Å². The normalized spacial score (nSPS) is 10.9. The standard InChI is InChI=1S/C10H7F3N2/c11-6-3-5-4(9(13)10(6)15)1-2-7(14)8(5)12/h1-3H,14-15H2. The van der Waals surface area contributed by atoms with Crippen LogP contribution in [-0.4, -0.2) is 0 Å². The van der Waals surface area contributed by atoms with Gasteiger partial charge >= 0.3 is 0 Å². The van der Waals surface area contributed by atoms with Crippen LogP contribution in [-0.2, 0) is 0 Å². The Morgan fingerprint density at radius 1 is 0.867 bits per heavy atom. The molecule has 0 spiro atoms. The number of halogens is 3. The Kier molecular flexibility index (Phi) is 1.96. The summed E-state index contributed by atoms with van der Waals surface area (Å²) in [6.07, 6.45) is 0. The first-order valence-corrected chi connectivity index (χ1v) is 4.13. The van der Waals surface area contributed by atoms with Crippen molar-refractivity contribution < 1.29 is 13.2 Å². The van der Waals surface area contributed by atoms with Gasteiger partial charge in [0, 0.05) is 10.8 Å². The van der Waals surface area contributed by atoms with Crippen LogP contribution in [0.15, 0.2) is 18.2 Å². The molecule has 0 aliphatic carbocycles. The molecule has 0 bridgehead atoms. The number of fused-ring (bicyclic) bond motifs is 1. The maximum Gasteiger partial charge on any atom is 0.157 e. The first kappa shape index (κ1) is 9.64. The summed E-state index contributed by atoms with van der Waals surface area (Å²) in [6.45, 7) is 0. The van der Waals surface area contributed by atoms with Gasteiger partial charge in [0.05, 0.1) is 5.69 Å². The van der Waals surface area contributed by atoms with Crippen LogP contribution in [0.2, 0.25) is 0 Å².